The van der Waals surface area contributed by atoms with Gasteiger partial charge in [0, 0.05) is 50.9 Å². The molecule has 3 N–H and O–H groups in total. The third-order valence-electron chi connectivity index (χ3n) is 9.75. The van der Waals surface area contributed by atoms with Gasteiger partial charge in [-0.2, -0.15) is 0 Å². The molecule has 11 nitrogen and oxygen atoms in total. The summed E-state index contributed by atoms with van der Waals surface area (Å²) in [5.74, 6) is -0.313. The maximum absolute atomic E-state index is 14.1. The van der Waals surface area contributed by atoms with Crippen LogP contribution in [0.2, 0.25) is 0 Å². The number of halogens is 2. The van der Waals surface area contributed by atoms with E-state index in [0.717, 1.165) is 35.2 Å². The third kappa shape index (κ3) is 7.88. The Hall–Kier alpha value is -4.10. The number of hydrogen-bond donors (Lipinski definition) is 3. The summed E-state index contributed by atoms with van der Waals surface area (Å²) in [5.41, 5.74) is 4.20. The summed E-state index contributed by atoms with van der Waals surface area (Å²) in [6.45, 7) is 2.45. The SMILES string of the molecule is COC(=O)c1cccc(C2CCN(C(=O)[C@@H](Cc3cc(Br)c(O)c(Br)c3)NC(=O)N3CCC(N4Cc5ccccc5NC4=O)CC3)CC2)c1. The lowest BCUT2D eigenvalue weighted by Crippen LogP contribution is -2.57. The molecule has 3 aliphatic rings. The van der Waals surface area contributed by atoms with Crippen LogP contribution in [0.5, 0.6) is 5.75 Å². The normalized spacial score (nSPS) is 17.6. The first-order valence-electron chi connectivity index (χ1n) is 16.5. The molecule has 0 spiro atoms. The predicted octanol–water partition coefficient (Wildman–Crippen LogP) is 6.24. The lowest BCUT2D eigenvalue weighted by Gasteiger charge is -2.41. The highest BCUT2D eigenvalue weighted by molar-refractivity contribution is 9.11. The Morgan fingerprint density at radius 1 is 0.939 bits per heavy atom. The van der Waals surface area contributed by atoms with Gasteiger partial charge in [0.05, 0.1) is 21.6 Å². The average Bonchev–Trinajstić information content (AvgIpc) is 3.12. The summed E-state index contributed by atoms with van der Waals surface area (Å²) in [6.07, 6.45) is 2.92. The minimum absolute atomic E-state index is 0.00357. The van der Waals surface area contributed by atoms with Gasteiger partial charge in [0.25, 0.3) is 0 Å². The maximum Gasteiger partial charge on any atom is 0.337 e. The predicted molar refractivity (Wildman–Crippen MR) is 191 cm³/mol. The van der Waals surface area contributed by atoms with E-state index in [4.69, 9.17) is 4.74 Å². The van der Waals surface area contributed by atoms with Gasteiger partial charge in [-0.15, -0.1) is 0 Å². The number of fused-ring (bicyclic) bond motifs is 1. The number of amides is 5. The molecule has 13 heteroatoms. The molecule has 2 saturated heterocycles. The van der Waals surface area contributed by atoms with E-state index >= 15 is 0 Å². The molecule has 3 aromatic carbocycles. The molecule has 1 atom stereocenters. The van der Waals surface area contributed by atoms with E-state index in [1.54, 1.807) is 28.0 Å². The fourth-order valence-corrected chi connectivity index (χ4v) is 8.28. The van der Waals surface area contributed by atoms with Crippen LogP contribution in [0.4, 0.5) is 15.3 Å². The Bertz CT molecular complexity index is 1720. The number of hydrogen-bond acceptors (Lipinski definition) is 6. The number of carbonyl (C=O) groups is 4. The van der Waals surface area contributed by atoms with Crippen molar-refractivity contribution >= 4 is 61.5 Å². The summed E-state index contributed by atoms with van der Waals surface area (Å²) in [5, 5.41) is 16.3. The van der Waals surface area contributed by atoms with Gasteiger partial charge in [0.1, 0.15) is 11.8 Å². The lowest BCUT2D eigenvalue weighted by atomic mass is 9.88. The highest BCUT2D eigenvalue weighted by Gasteiger charge is 2.35. The Kier molecular flexibility index (Phi) is 10.8. The zero-order valence-electron chi connectivity index (χ0n) is 27.2. The molecular weight excluding hydrogens is 758 g/mol. The second-order valence-electron chi connectivity index (χ2n) is 12.8. The molecular formula is C36H39Br2N5O6. The fraction of sp³-hybridized carbons (Fsp3) is 0.389. The van der Waals surface area contributed by atoms with Gasteiger partial charge in [-0.3, -0.25) is 4.79 Å². The van der Waals surface area contributed by atoms with E-state index < -0.39 is 6.04 Å². The number of nitrogens with one attached hydrogen (secondary N) is 2. The Labute approximate surface area is 302 Å². The van der Waals surface area contributed by atoms with Crippen LogP contribution < -0.4 is 10.6 Å². The zero-order valence-corrected chi connectivity index (χ0v) is 30.3. The van der Waals surface area contributed by atoms with Crippen molar-refractivity contribution in [1.29, 1.82) is 0 Å². The summed E-state index contributed by atoms with van der Waals surface area (Å²) in [6, 6.07) is 17.4. The number of piperidine rings is 2. The van der Waals surface area contributed by atoms with Crippen molar-refractivity contribution in [3.05, 3.63) is 91.9 Å². The second kappa shape index (κ2) is 15.2. The molecule has 5 amide bonds. The Morgan fingerprint density at radius 3 is 2.31 bits per heavy atom. The molecule has 3 aromatic rings. The third-order valence-corrected chi connectivity index (χ3v) is 11.0. The summed E-state index contributed by atoms with van der Waals surface area (Å²) < 4.78 is 5.84. The highest BCUT2D eigenvalue weighted by atomic mass is 79.9. The Morgan fingerprint density at radius 2 is 1.61 bits per heavy atom. The van der Waals surface area contributed by atoms with Crippen LogP contribution in [-0.4, -0.2) is 89.1 Å². The van der Waals surface area contributed by atoms with Gasteiger partial charge in [-0.05, 0) is 110 Å². The van der Waals surface area contributed by atoms with E-state index in [0.29, 0.717) is 60.1 Å². The summed E-state index contributed by atoms with van der Waals surface area (Å²) >= 11 is 6.76. The molecule has 0 saturated carbocycles. The van der Waals surface area contributed by atoms with E-state index in [2.05, 4.69) is 42.5 Å². The van der Waals surface area contributed by atoms with Crippen molar-refractivity contribution < 1.29 is 29.0 Å². The van der Waals surface area contributed by atoms with E-state index in [9.17, 15) is 24.3 Å². The molecule has 0 radical (unpaired) electrons. The van der Waals surface area contributed by atoms with Crippen LogP contribution in [-0.2, 0) is 22.5 Å². The highest BCUT2D eigenvalue weighted by Crippen LogP contribution is 2.34. The number of anilines is 1. The van der Waals surface area contributed by atoms with Crippen molar-refractivity contribution in [2.24, 2.45) is 0 Å². The number of urea groups is 2. The van der Waals surface area contributed by atoms with Crippen LogP contribution in [0.15, 0.2) is 69.6 Å². The van der Waals surface area contributed by atoms with Crippen LogP contribution in [0.25, 0.3) is 0 Å². The van der Waals surface area contributed by atoms with Crippen molar-refractivity contribution in [3.8, 4) is 5.75 Å². The molecule has 0 aliphatic carbocycles. The zero-order chi connectivity index (χ0) is 34.7. The molecule has 0 bridgehead atoms. The quantitative estimate of drug-likeness (QED) is 0.243. The van der Waals surface area contributed by atoms with Gasteiger partial charge >= 0.3 is 18.0 Å². The number of methoxy groups -OCH3 is 1. The topological polar surface area (TPSA) is 132 Å². The number of aromatic hydroxyl groups is 1. The number of rotatable bonds is 7. The molecule has 0 aromatic heterocycles. The number of para-hydroxylation sites is 1. The van der Waals surface area contributed by atoms with Crippen LogP contribution in [0.3, 0.4) is 0 Å². The monoisotopic (exact) mass is 795 g/mol. The van der Waals surface area contributed by atoms with E-state index in [1.807, 2.05) is 47.4 Å². The fourth-order valence-electron chi connectivity index (χ4n) is 7.00. The smallest absolute Gasteiger partial charge is 0.337 e. The average molecular weight is 798 g/mol. The standard InChI is InChI=1S/C36H39Br2N5O6/c1-49-34(46)25-7-4-6-24(20-25)23-9-13-41(14-10-23)33(45)31(19-22-17-28(37)32(44)29(38)18-22)40-35(47)42-15-11-27(12-16-42)43-21-26-5-2-3-8-30(26)39-36(43)48/h2-8,17-18,20,23,27,31,44H,9-16,19,21H2,1H3,(H,39,48)(H,40,47)/t31-/m1/s1. The first-order chi connectivity index (χ1) is 23.6. The largest absolute Gasteiger partial charge is 0.506 e. The van der Waals surface area contributed by atoms with Gasteiger partial charge < -0.3 is 35.2 Å². The molecule has 258 valence electrons. The maximum atomic E-state index is 14.1. The number of esters is 1. The number of nitrogens with zero attached hydrogens (tertiary/aromatic N) is 3. The molecule has 3 heterocycles. The second-order valence-corrected chi connectivity index (χ2v) is 14.5. The minimum atomic E-state index is -0.836. The summed E-state index contributed by atoms with van der Waals surface area (Å²) in [4.78, 5) is 58.1. The number of ether oxygens (including phenoxy) is 1. The van der Waals surface area contributed by atoms with E-state index in [-0.39, 0.29) is 48.1 Å². The van der Waals surface area contributed by atoms with Crippen molar-refractivity contribution in [2.75, 3.05) is 38.6 Å². The van der Waals surface area contributed by atoms with Crippen molar-refractivity contribution in [2.45, 2.75) is 56.7 Å². The number of carbonyl (C=O) groups excluding carboxylic acids is 4. The first kappa shape index (κ1) is 34.8. The lowest BCUT2D eigenvalue weighted by molar-refractivity contribution is -0.134. The number of benzene rings is 3. The minimum Gasteiger partial charge on any atom is -0.506 e. The van der Waals surface area contributed by atoms with Crippen molar-refractivity contribution in [1.82, 2.24) is 20.0 Å². The number of phenolic OH excluding ortho intramolecular Hbond substituents is 1. The molecule has 6 rings (SSSR count). The van der Waals surface area contributed by atoms with Crippen molar-refractivity contribution in [3.63, 3.8) is 0 Å². The van der Waals surface area contributed by atoms with E-state index in [1.165, 1.54) is 7.11 Å². The van der Waals surface area contributed by atoms with Gasteiger partial charge in [0.15, 0.2) is 0 Å². The Balaban J connectivity index is 1.11. The van der Waals surface area contributed by atoms with Crippen LogP contribution >= 0.6 is 31.9 Å². The number of likely N-dealkylation sites (tertiary alicyclic amines) is 2. The van der Waals surface area contributed by atoms with Gasteiger partial charge in [-0.1, -0.05) is 30.3 Å². The molecule has 49 heavy (non-hydrogen) atoms. The number of phenols is 1. The van der Waals surface area contributed by atoms with Crippen LogP contribution in [0, 0.1) is 0 Å². The molecule has 0 unspecified atom stereocenters. The summed E-state index contributed by atoms with van der Waals surface area (Å²) in [7, 11) is 1.36. The molecule has 2 fully saturated rings. The van der Waals surface area contributed by atoms with Crippen LogP contribution in [0.1, 0.15) is 58.6 Å². The van der Waals surface area contributed by atoms with Gasteiger partial charge in [0.2, 0.25) is 5.91 Å². The molecule has 3 aliphatic heterocycles. The first-order valence-corrected chi connectivity index (χ1v) is 18.0. The van der Waals surface area contributed by atoms with Gasteiger partial charge in [-0.25, -0.2) is 14.4 Å².